The van der Waals surface area contributed by atoms with Gasteiger partial charge in [-0.05, 0) is 70.2 Å². The zero-order chi connectivity index (χ0) is 31.1. The molecule has 3 aliphatic rings. The van der Waals surface area contributed by atoms with Crippen LogP contribution in [-0.2, 0) is 15.8 Å². The number of anilines is 2. The van der Waals surface area contributed by atoms with Gasteiger partial charge in [-0.25, -0.2) is 14.4 Å². The summed E-state index contributed by atoms with van der Waals surface area (Å²) in [7, 11) is 3.55. The molecule has 1 aromatic heterocycles. The van der Waals surface area contributed by atoms with Crippen molar-refractivity contribution >= 4 is 40.6 Å². The van der Waals surface area contributed by atoms with E-state index in [2.05, 4.69) is 26.9 Å². The molecule has 43 heavy (non-hydrogen) atoms. The van der Waals surface area contributed by atoms with Crippen molar-refractivity contribution in [3.8, 4) is 0 Å². The Balaban J connectivity index is 1.39. The smallest absolute Gasteiger partial charge is 0.335 e. The molecule has 4 heterocycles. The Morgan fingerprint density at radius 3 is 2.33 bits per heavy atom. The third-order valence-corrected chi connectivity index (χ3v) is 8.66. The highest BCUT2D eigenvalue weighted by Crippen LogP contribution is 2.34. The van der Waals surface area contributed by atoms with Gasteiger partial charge in [-0.2, -0.15) is 18.3 Å². The highest BCUT2D eigenvalue weighted by atomic mass is 35.5. The van der Waals surface area contributed by atoms with Crippen LogP contribution < -0.4 is 9.91 Å². The van der Waals surface area contributed by atoms with Crippen molar-refractivity contribution in [3.63, 3.8) is 0 Å². The molecule has 0 N–H and O–H groups in total. The molecule has 0 aliphatic carbocycles. The third-order valence-electron chi connectivity index (χ3n) is 8.37. The number of pyridine rings is 1. The van der Waals surface area contributed by atoms with E-state index in [0.717, 1.165) is 49.1 Å². The summed E-state index contributed by atoms with van der Waals surface area (Å²) in [6, 6.07) is 4.79. The van der Waals surface area contributed by atoms with Crippen LogP contribution in [0.3, 0.4) is 0 Å². The van der Waals surface area contributed by atoms with Gasteiger partial charge >= 0.3 is 6.18 Å². The van der Waals surface area contributed by atoms with E-state index in [-0.39, 0.29) is 40.3 Å². The van der Waals surface area contributed by atoms with Crippen LogP contribution in [0.5, 0.6) is 0 Å². The molecular formula is C29H34ClF4N7O2. The molecule has 3 aliphatic heterocycles. The van der Waals surface area contributed by atoms with Crippen LogP contribution in [0.25, 0.3) is 0 Å². The maximum absolute atomic E-state index is 13.8. The van der Waals surface area contributed by atoms with Crippen molar-refractivity contribution < 1.29 is 27.2 Å². The number of aromatic nitrogens is 1. The van der Waals surface area contributed by atoms with Gasteiger partial charge in [0.05, 0.1) is 10.6 Å². The number of aryl methyl sites for hydroxylation is 1. The minimum Gasteiger partial charge on any atom is -0.335 e. The molecule has 2 aromatic rings. The number of hydrazone groups is 1. The Labute approximate surface area is 252 Å². The van der Waals surface area contributed by atoms with Gasteiger partial charge in [0, 0.05) is 57.1 Å². The molecule has 2 saturated heterocycles. The summed E-state index contributed by atoms with van der Waals surface area (Å²) < 4.78 is 54.8. The lowest BCUT2D eigenvalue weighted by Gasteiger charge is -2.42. The van der Waals surface area contributed by atoms with E-state index in [1.807, 2.05) is 0 Å². The van der Waals surface area contributed by atoms with Crippen molar-refractivity contribution in [1.29, 1.82) is 0 Å². The molecule has 1 unspecified atom stereocenters. The molecule has 5 rings (SSSR count). The second-order valence-electron chi connectivity index (χ2n) is 11.3. The van der Waals surface area contributed by atoms with E-state index < -0.39 is 29.5 Å². The monoisotopic (exact) mass is 623 g/mol. The van der Waals surface area contributed by atoms with Crippen LogP contribution in [0.1, 0.15) is 30.5 Å². The summed E-state index contributed by atoms with van der Waals surface area (Å²) in [6.07, 6.45) is -2.64. The maximum atomic E-state index is 13.8. The number of rotatable bonds is 5. The number of likely N-dealkylation sites (N-methyl/N-ethyl adjacent to an activating group) is 1. The van der Waals surface area contributed by atoms with Crippen LogP contribution in [-0.4, -0.2) is 103 Å². The summed E-state index contributed by atoms with van der Waals surface area (Å²) in [5.41, 5.74) is -0.530. The van der Waals surface area contributed by atoms with Gasteiger partial charge in [-0.15, -0.1) is 0 Å². The van der Waals surface area contributed by atoms with Gasteiger partial charge in [0.2, 0.25) is 0 Å². The number of halogens is 5. The van der Waals surface area contributed by atoms with Crippen LogP contribution >= 0.6 is 11.6 Å². The molecule has 1 atom stereocenters. The lowest BCUT2D eigenvalue weighted by Crippen LogP contribution is -2.55. The largest absolute Gasteiger partial charge is 0.416 e. The topological polar surface area (TPSA) is 75.6 Å². The van der Waals surface area contributed by atoms with E-state index in [1.54, 1.807) is 4.90 Å². The average Bonchev–Trinajstić information content (AvgIpc) is 3.43. The van der Waals surface area contributed by atoms with E-state index in [9.17, 15) is 27.2 Å². The zero-order valence-electron chi connectivity index (χ0n) is 24.2. The second kappa shape index (κ2) is 12.4. The molecule has 2 amide bonds. The number of hydrogen-bond donors (Lipinski definition) is 0. The minimum absolute atomic E-state index is 0.0634. The molecule has 0 saturated carbocycles. The number of carbonyl (C=O) groups is 2. The van der Waals surface area contributed by atoms with Crippen molar-refractivity contribution in [1.82, 2.24) is 19.7 Å². The first kappa shape index (κ1) is 31.1. The predicted octanol–water partition coefficient (Wildman–Crippen LogP) is 4.04. The first-order valence-electron chi connectivity index (χ1n) is 14.2. The lowest BCUT2D eigenvalue weighted by molar-refractivity contribution is -0.137. The number of alkyl halides is 3. The molecule has 14 heteroatoms. The summed E-state index contributed by atoms with van der Waals surface area (Å²) in [5, 5.41) is 5.30. The maximum Gasteiger partial charge on any atom is 0.416 e. The fraction of sp³-hybridized carbons (Fsp3) is 0.517. The fourth-order valence-corrected chi connectivity index (χ4v) is 6.03. The molecular weight excluding hydrogens is 590 g/mol. The van der Waals surface area contributed by atoms with Gasteiger partial charge in [0.15, 0.2) is 0 Å². The molecule has 1 aromatic carbocycles. The van der Waals surface area contributed by atoms with E-state index in [0.29, 0.717) is 32.2 Å². The standard InChI is InChI=1S/C29H34ClF4N7O2/c1-18-14-19(29(32,33)34)15-26(35-18)41-25(28(43)38(3)21-4-5-23(31)22(30)16-21)17-24(36-41)27(42)40-12-10-39(11-13-40)20-6-8-37(2)9-7-20/h4-5,14-16,20,25H,6-13,17H2,1-3H3. The molecule has 232 valence electrons. The van der Waals surface area contributed by atoms with Gasteiger partial charge in [0.25, 0.3) is 11.8 Å². The highest BCUT2D eigenvalue weighted by Gasteiger charge is 2.42. The molecule has 0 spiro atoms. The summed E-state index contributed by atoms with van der Waals surface area (Å²) in [5.74, 6) is -1.80. The first-order chi connectivity index (χ1) is 20.3. The summed E-state index contributed by atoms with van der Waals surface area (Å²) in [6.45, 7) is 5.87. The average molecular weight is 624 g/mol. The molecule has 0 radical (unpaired) electrons. The Kier molecular flexibility index (Phi) is 8.96. The SMILES string of the molecule is Cc1cc(C(F)(F)F)cc(N2N=C(C(=O)N3CCN(C4CCN(C)CC4)CC3)CC2C(=O)N(C)c2ccc(F)c(Cl)c2)n1. The number of nitrogens with zero attached hydrogens (tertiary/aromatic N) is 7. The van der Waals surface area contributed by atoms with Crippen LogP contribution in [0.15, 0.2) is 35.4 Å². The van der Waals surface area contributed by atoms with Crippen molar-refractivity contribution in [3.05, 3.63) is 52.4 Å². The van der Waals surface area contributed by atoms with E-state index in [1.165, 1.54) is 31.0 Å². The van der Waals surface area contributed by atoms with Gasteiger partial charge in [-0.3, -0.25) is 14.5 Å². The number of carbonyl (C=O) groups excluding carboxylic acids is 2. The van der Waals surface area contributed by atoms with Crippen LogP contribution in [0, 0.1) is 12.7 Å². The summed E-state index contributed by atoms with van der Waals surface area (Å²) in [4.78, 5) is 39.3. The zero-order valence-corrected chi connectivity index (χ0v) is 25.0. The van der Waals surface area contributed by atoms with Crippen LogP contribution in [0.2, 0.25) is 5.02 Å². The number of hydrogen-bond acceptors (Lipinski definition) is 7. The van der Waals surface area contributed by atoms with Crippen molar-refractivity contribution in [2.24, 2.45) is 5.10 Å². The first-order valence-corrected chi connectivity index (χ1v) is 14.6. The Morgan fingerprint density at radius 1 is 1.02 bits per heavy atom. The van der Waals surface area contributed by atoms with Crippen molar-refractivity contribution in [2.75, 3.05) is 63.3 Å². The predicted molar refractivity (Wildman–Crippen MR) is 156 cm³/mol. The van der Waals surface area contributed by atoms with Gasteiger partial charge < -0.3 is 14.7 Å². The lowest BCUT2D eigenvalue weighted by atomic mass is 10.0. The van der Waals surface area contributed by atoms with Gasteiger partial charge in [-0.1, -0.05) is 11.6 Å². The Bertz CT molecular complexity index is 1410. The molecule has 2 fully saturated rings. The normalized spacial score (nSPS) is 20.8. The Morgan fingerprint density at radius 2 is 1.70 bits per heavy atom. The summed E-state index contributed by atoms with van der Waals surface area (Å²) >= 11 is 5.92. The second-order valence-corrected chi connectivity index (χ2v) is 11.7. The number of piperazine rings is 1. The fourth-order valence-electron chi connectivity index (χ4n) is 5.85. The quantitative estimate of drug-likeness (QED) is 0.468. The number of amides is 2. The molecule has 9 nitrogen and oxygen atoms in total. The minimum atomic E-state index is -4.65. The van der Waals surface area contributed by atoms with E-state index in [4.69, 9.17) is 11.6 Å². The van der Waals surface area contributed by atoms with Gasteiger partial charge in [0.1, 0.15) is 23.4 Å². The Hall–Kier alpha value is -3.29. The number of benzene rings is 1. The van der Waals surface area contributed by atoms with Crippen molar-refractivity contribution in [2.45, 2.75) is 44.4 Å². The van der Waals surface area contributed by atoms with Crippen LogP contribution in [0.4, 0.5) is 29.1 Å². The molecule has 0 bridgehead atoms. The van der Waals surface area contributed by atoms with E-state index >= 15 is 0 Å². The third kappa shape index (κ3) is 6.78. The number of piperidine rings is 1. The number of likely N-dealkylation sites (tertiary alicyclic amines) is 1. The highest BCUT2D eigenvalue weighted by molar-refractivity contribution is 6.40.